The van der Waals surface area contributed by atoms with Gasteiger partial charge in [-0.15, -0.1) is 0 Å². The summed E-state index contributed by atoms with van der Waals surface area (Å²) in [6.45, 7) is 5.56. The first-order valence-electron chi connectivity index (χ1n) is 9.41. The average molecular weight is 370 g/mol. The second-order valence-electron chi connectivity index (χ2n) is 7.09. The van der Waals surface area contributed by atoms with Crippen molar-refractivity contribution in [2.75, 3.05) is 19.6 Å². The third-order valence-electron chi connectivity index (χ3n) is 4.94. The molecular formula is C20H26N4O3. The van der Waals surface area contributed by atoms with E-state index in [9.17, 15) is 9.59 Å². The van der Waals surface area contributed by atoms with E-state index in [0.717, 1.165) is 31.5 Å². The summed E-state index contributed by atoms with van der Waals surface area (Å²) in [4.78, 5) is 29.7. The van der Waals surface area contributed by atoms with Gasteiger partial charge in [0.2, 0.25) is 17.7 Å². The van der Waals surface area contributed by atoms with E-state index >= 15 is 0 Å². The van der Waals surface area contributed by atoms with Gasteiger partial charge in [-0.25, -0.2) is 0 Å². The molecule has 1 aromatic carbocycles. The van der Waals surface area contributed by atoms with Crippen LogP contribution in [0.5, 0.6) is 0 Å². The third-order valence-corrected chi connectivity index (χ3v) is 4.94. The molecule has 1 saturated heterocycles. The van der Waals surface area contributed by atoms with Gasteiger partial charge in [-0.1, -0.05) is 35.0 Å². The number of aryl methyl sites for hydroxylation is 1. The lowest BCUT2D eigenvalue weighted by molar-refractivity contribution is -0.129. The Morgan fingerprint density at radius 3 is 2.59 bits per heavy atom. The molecule has 0 aliphatic carbocycles. The summed E-state index contributed by atoms with van der Waals surface area (Å²) in [5, 5.41) is 6.97. The molecule has 7 heteroatoms. The fourth-order valence-corrected chi connectivity index (χ4v) is 3.25. The van der Waals surface area contributed by atoms with Crippen molar-refractivity contribution >= 4 is 11.8 Å². The smallest absolute Gasteiger partial charge is 0.228 e. The lowest BCUT2D eigenvalue weighted by atomic mass is 9.96. The molecule has 0 saturated carbocycles. The Bertz CT molecular complexity index is 777. The van der Waals surface area contributed by atoms with E-state index in [1.165, 1.54) is 5.56 Å². The van der Waals surface area contributed by atoms with Crippen LogP contribution in [0.4, 0.5) is 0 Å². The molecule has 1 fully saturated rings. The molecule has 2 aromatic rings. The number of hydrogen-bond donors (Lipinski definition) is 1. The van der Waals surface area contributed by atoms with Gasteiger partial charge in [-0.3, -0.25) is 9.59 Å². The van der Waals surface area contributed by atoms with Crippen molar-refractivity contribution in [3.63, 3.8) is 0 Å². The molecule has 0 atom stereocenters. The van der Waals surface area contributed by atoms with Gasteiger partial charge in [-0.2, -0.15) is 4.98 Å². The van der Waals surface area contributed by atoms with Crippen LogP contribution in [0.3, 0.4) is 0 Å². The van der Waals surface area contributed by atoms with E-state index in [-0.39, 0.29) is 17.7 Å². The molecule has 1 aliphatic rings. The highest BCUT2D eigenvalue weighted by atomic mass is 16.5. The number of likely N-dealkylation sites (tertiary alicyclic amines) is 1. The fraction of sp³-hybridized carbons (Fsp3) is 0.500. The zero-order valence-electron chi connectivity index (χ0n) is 15.9. The van der Waals surface area contributed by atoms with Crippen LogP contribution in [0.2, 0.25) is 0 Å². The first-order chi connectivity index (χ1) is 13.0. The number of benzene rings is 1. The van der Waals surface area contributed by atoms with E-state index in [0.29, 0.717) is 31.1 Å². The maximum absolute atomic E-state index is 12.0. The summed E-state index contributed by atoms with van der Waals surface area (Å²) in [7, 11) is 0. The Hall–Kier alpha value is -2.70. The quantitative estimate of drug-likeness (QED) is 0.840. The molecule has 0 unspecified atom stereocenters. The molecule has 3 rings (SSSR count). The van der Waals surface area contributed by atoms with Crippen LogP contribution in [-0.4, -0.2) is 46.5 Å². The lowest BCUT2D eigenvalue weighted by Gasteiger charge is -2.29. The van der Waals surface area contributed by atoms with Crippen LogP contribution in [0.25, 0.3) is 0 Å². The molecule has 2 amide bonds. The molecule has 7 nitrogen and oxygen atoms in total. The number of carbonyl (C=O) groups is 2. The predicted molar refractivity (Wildman–Crippen MR) is 100 cm³/mol. The zero-order valence-corrected chi connectivity index (χ0v) is 15.9. The van der Waals surface area contributed by atoms with Crippen molar-refractivity contribution in [1.82, 2.24) is 20.4 Å². The molecule has 2 heterocycles. The van der Waals surface area contributed by atoms with Gasteiger partial charge in [0, 0.05) is 38.9 Å². The number of aromatic nitrogens is 2. The van der Waals surface area contributed by atoms with Crippen molar-refractivity contribution < 1.29 is 14.1 Å². The summed E-state index contributed by atoms with van der Waals surface area (Å²) in [6.07, 6.45) is 2.58. The number of rotatable bonds is 6. The molecule has 1 aliphatic heterocycles. The van der Waals surface area contributed by atoms with Crippen LogP contribution in [0.1, 0.15) is 48.5 Å². The number of amides is 2. The number of carbonyl (C=O) groups excluding carboxylic acids is 2. The monoisotopic (exact) mass is 370 g/mol. The summed E-state index contributed by atoms with van der Waals surface area (Å²) in [5.74, 6) is 1.57. The normalized spacial score (nSPS) is 15.0. The van der Waals surface area contributed by atoms with E-state index in [1.807, 2.05) is 36.1 Å². The number of nitrogens with zero attached hydrogens (tertiary/aromatic N) is 3. The predicted octanol–water partition coefficient (Wildman–Crippen LogP) is 2.01. The summed E-state index contributed by atoms with van der Waals surface area (Å²) in [5.41, 5.74) is 2.17. The highest BCUT2D eigenvalue weighted by Crippen LogP contribution is 2.25. The Balaban J connectivity index is 1.41. The van der Waals surface area contributed by atoms with E-state index in [1.54, 1.807) is 6.92 Å². The number of hydrogen-bond acceptors (Lipinski definition) is 5. The minimum atomic E-state index is -0.0183. The molecule has 27 heavy (non-hydrogen) atoms. The van der Waals surface area contributed by atoms with Crippen LogP contribution in [0.15, 0.2) is 28.8 Å². The first kappa shape index (κ1) is 19.1. The van der Waals surface area contributed by atoms with Crippen LogP contribution in [0, 0.1) is 6.92 Å². The van der Waals surface area contributed by atoms with Crippen LogP contribution < -0.4 is 5.32 Å². The van der Waals surface area contributed by atoms with E-state index in [2.05, 4.69) is 15.5 Å². The van der Waals surface area contributed by atoms with Crippen LogP contribution in [-0.2, 0) is 22.4 Å². The number of piperidine rings is 1. The maximum atomic E-state index is 12.0. The molecule has 0 radical (unpaired) electrons. The molecule has 1 aromatic heterocycles. The summed E-state index contributed by atoms with van der Waals surface area (Å²) in [6, 6.07) is 7.94. The SMILES string of the molecule is CC(=O)N1CCC(c2noc(CCNC(=O)Cc3ccc(C)cc3)n2)CC1. The molecule has 1 N–H and O–H groups in total. The van der Waals surface area contributed by atoms with Crippen LogP contribution >= 0.6 is 0 Å². The Morgan fingerprint density at radius 2 is 1.93 bits per heavy atom. The second kappa shape index (κ2) is 8.79. The van der Waals surface area contributed by atoms with Gasteiger partial charge in [0.05, 0.1) is 6.42 Å². The van der Waals surface area contributed by atoms with Gasteiger partial charge >= 0.3 is 0 Å². The van der Waals surface area contributed by atoms with E-state index in [4.69, 9.17) is 4.52 Å². The minimum Gasteiger partial charge on any atom is -0.355 e. The fourth-order valence-electron chi connectivity index (χ4n) is 3.25. The lowest BCUT2D eigenvalue weighted by Crippen LogP contribution is -2.36. The van der Waals surface area contributed by atoms with Crippen molar-refractivity contribution in [1.29, 1.82) is 0 Å². The van der Waals surface area contributed by atoms with Gasteiger partial charge < -0.3 is 14.7 Å². The van der Waals surface area contributed by atoms with Gasteiger partial charge in [-0.05, 0) is 25.3 Å². The zero-order chi connectivity index (χ0) is 19.2. The van der Waals surface area contributed by atoms with Crippen molar-refractivity contribution in [2.24, 2.45) is 0 Å². The Morgan fingerprint density at radius 1 is 1.22 bits per heavy atom. The van der Waals surface area contributed by atoms with Crippen molar-refractivity contribution in [2.45, 2.75) is 45.4 Å². The van der Waals surface area contributed by atoms with E-state index < -0.39 is 0 Å². The second-order valence-corrected chi connectivity index (χ2v) is 7.09. The molecule has 0 bridgehead atoms. The highest BCUT2D eigenvalue weighted by Gasteiger charge is 2.25. The van der Waals surface area contributed by atoms with Crippen molar-refractivity contribution in [3.8, 4) is 0 Å². The largest absolute Gasteiger partial charge is 0.355 e. The van der Waals surface area contributed by atoms with Gasteiger partial charge in [0.1, 0.15) is 0 Å². The number of nitrogens with one attached hydrogen (secondary N) is 1. The molecule has 144 valence electrons. The standard InChI is InChI=1S/C20H26N4O3/c1-14-3-5-16(6-4-14)13-18(26)21-10-7-19-22-20(23-27-19)17-8-11-24(12-9-17)15(2)25/h3-6,17H,7-13H2,1-2H3,(H,21,26). The first-order valence-corrected chi connectivity index (χ1v) is 9.41. The maximum Gasteiger partial charge on any atom is 0.228 e. The topological polar surface area (TPSA) is 88.3 Å². The molecule has 0 spiro atoms. The summed E-state index contributed by atoms with van der Waals surface area (Å²) < 4.78 is 5.31. The van der Waals surface area contributed by atoms with Gasteiger partial charge in [0.15, 0.2) is 5.82 Å². The molecular weight excluding hydrogens is 344 g/mol. The highest BCUT2D eigenvalue weighted by molar-refractivity contribution is 5.78. The van der Waals surface area contributed by atoms with Gasteiger partial charge in [0.25, 0.3) is 0 Å². The minimum absolute atomic E-state index is 0.0183. The summed E-state index contributed by atoms with van der Waals surface area (Å²) >= 11 is 0. The Kier molecular flexibility index (Phi) is 6.21. The van der Waals surface area contributed by atoms with Crippen molar-refractivity contribution in [3.05, 3.63) is 47.1 Å². The third kappa shape index (κ3) is 5.39. The Labute approximate surface area is 159 Å². The average Bonchev–Trinajstić information content (AvgIpc) is 3.12.